The smallest absolute Gasteiger partial charge is 0.332 e. The monoisotopic (exact) mass is 396 g/mol. The summed E-state index contributed by atoms with van der Waals surface area (Å²) in [5, 5.41) is 3.89. The molecule has 0 bridgehead atoms. The van der Waals surface area contributed by atoms with E-state index in [1.54, 1.807) is 25.1 Å². The van der Waals surface area contributed by atoms with E-state index in [0.717, 1.165) is 11.1 Å². The average molecular weight is 396 g/mol. The first-order valence-electron chi connectivity index (χ1n) is 7.02. The summed E-state index contributed by atoms with van der Waals surface area (Å²) in [7, 11) is 0. The Morgan fingerprint density at radius 1 is 0.846 bits per heavy atom. The SMILES string of the molecule is Cc1ccc(NC(=S)Nc2c(F)c(F)c(C(F)(F)F)c(F)c2F)cc1C. The molecule has 0 heterocycles. The Morgan fingerprint density at radius 2 is 1.38 bits per heavy atom. The third-order valence-corrected chi connectivity index (χ3v) is 3.75. The Morgan fingerprint density at radius 3 is 1.85 bits per heavy atom. The number of rotatable bonds is 2. The van der Waals surface area contributed by atoms with Gasteiger partial charge >= 0.3 is 6.18 Å². The van der Waals surface area contributed by atoms with Crippen LogP contribution in [0.15, 0.2) is 18.2 Å². The fourth-order valence-electron chi connectivity index (χ4n) is 2.09. The van der Waals surface area contributed by atoms with Gasteiger partial charge in [-0.25, -0.2) is 17.6 Å². The summed E-state index contributed by atoms with van der Waals surface area (Å²) in [4.78, 5) is 0. The zero-order valence-electron chi connectivity index (χ0n) is 13.3. The second-order valence-electron chi connectivity index (χ2n) is 5.38. The fraction of sp³-hybridized carbons (Fsp3) is 0.188. The molecule has 26 heavy (non-hydrogen) atoms. The van der Waals surface area contributed by atoms with E-state index < -0.39 is 45.8 Å². The van der Waals surface area contributed by atoms with Crippen molar-refractivity contribution in [2.45, 2.75) is 20.0 Å². The molecule has 2 aromatic rings. The number of aryl methyl sites for hydroxylation is 2. The second-order valence-corrected chi connectivity index (χ2v) is 5.79. The molecule has 0 fully saturated rings. The number of hydrogen-bond donors (Lipinski definition) is 2. The van der Waals surface area contributed by atoms with Crippen molar-refractivity contribution in [2.75, 3.05) is 10.6 Å². The molecule has 2 aromatic carbocycles. The summed E-state index contributed by atoms with van der Waals surface area (Å²) in [5.41, 5.74) is -1.89. The van der Waals surface area contributed by atoms with Crippen LogP contribution in [0.4, 0.5) is 42.1 Å². The number of thiocarbonyl (C=S) groups is 1. The predicted octanol–water partition coefficient (Wildman–Crippen LogP) is 5.69. The number of hydrogen-bond acceptors (Lipinski definition) is 1. The first-order chi connectivity index (χ1) is 11.9. The van der Waals surface area contributed by atoms with Gasteiger partial charge in [0.15, 0.2) is 28.4 Å². The molecule has 0 unspecified atom stereocenters. The van der Waals surface area contributed by atoms with E-state index in [0.29, 0.717) is 5.69 Å². The first-order valence-corrected chi connectivity index (χ1v) is 7.42. The first kappa shape index (κ1) is 20.0. The maximum absolute atomic E-state index is 13.8. The Balaban J connectivity index is 2.34. The van der Waals surface area contributed by atoms with Gasteiger partial charge in [-0.05, 0) is 49.3 Å². The molecule has 2 rings (SSSR count). The molecule has 2 nitrogen and oxygen atoms in total. The summed E-state index contributed by atoms with van der Waals surface area (Å²) < 4.78 is 92.4. The minimum absolute atomic E-state index is 0.402. The Kier molecular flexibility index (Phi) is 5.45. The minimum atomic E-state index is -5.60. The van der Waals surface area contributed by atoms with Gasteiger partial charge < -0.3 is 10.6 Å². The van der Waals surface area contributed by atoms with Crippen LogP contribution in [0.5, 0.6) is 0 Å². The molecule has 140 valence electrons. The lowest BCUT2D eigenvalue weighted by atomic mass is 10.1. The van der Waals surface area contributed by atoms with Crippen molar-refractivity contribution >= 4 is 28.7 Å². The van der Waals surface area contributed by atoms with Gasteiger partial charge in [-0.2, -0.15) is 13.2 Å². The lowest BCUT2D eigenvalue weighted by Crippen LogP contribution is -2.23. The van der Waals surface area contributed by atoms with Crippen molar-refractivity contribution < 1.29 is 30.7 Å². The van der Waals surface area contributed by atoms with Crippen molar-refractivity contribution in [3.8, 4) is 0 Å². The van der Waals surface area contributed by atoms with Gasteiger partial charge in [0.25, 0.3) is 0 Å². The Bertz CT molecular complexity index is 849. The molecule has 0 radical (unpaired) electrons. The molecule has 2 N–H and O–H groups in total. The number of nitrogens with one attached hydrogen (secondary N) is 2. The van der Waals surface area contributed by atoms with Crippen molar-refractivity contribution in [1.29, 1.82) is 0 Å². The molecule has 0 saturated carbocycles. The van der Waals surface area contributed by atoms with Crippen molar-refractivity contribution in [3.05, 3.63) is 58.2 Å². The lowest BCUT2D eigenvalue weighted by Gasteiger charge is -2.16. The van der Waals surface area contributed by atoms with E-state index in [1.165, 1.54) is 0 Å². The van der Waals surface area contributed by atoms with Crippen LogP contribution in [-0.2, 0) is 6.18 Å². The van der Waals surface area contributed by atoms with Crippen LogP contribution in [0.2, 0.25) is 0 Å². The van der Waals surface area contributed by atoms with Crippen LogP contribution < -0.4 is 10.6 Å². The molecule has 0 atom stereocenters. The number of alkyl halides is 3. The molecule has 0 saturated heterocycles. The molecular formula is C16H11F7N2S. The van der Waals surface area contributed by atoms with Gasteiger partial charge in [0.1, 0.15) is 11.3 Å². The summed E-state index contributed by atoms with van der Waals surface area (Å²) in [6.45, 7) is 3.63. The van der Waals surface area contributed by atoms with Crippen molar-refractivity contribution in [3.63, 3.8) is 0 Å². The molecule has 0 aliphatic rings. The van der Waals surface area contributed by atoms with Crippen LogP contribution in [0.1, 0.15) is 16.7 Å². The maximum atomic E-state index is 13.8. The molecule has 0 aromatic heterocycles. The highest BCUT2D eigenvalue weighted by molar-refractivity contribution is 7.80. The van der Waals surface area contributed by atoms with Crippen molar-refractivity contribution in [2.24, 2.45) is 0 Å². The average Bonchev–Trinajstić information content (AvgIpc) is 2.52. The largest absolute Gasteiger partial charge is 0.422 e. The van der Waals surface area contributed by atoms with Crippen molar-refractivity contribution in [1.82, 2.24) is 0 Å². The van der Waals surface area contributed by atoms with Gasteiger partial charge in [0, 0.05) is 5.69 Å². The summed E-state index contributed by atoms with van der Waals surface area (Å²) in [5.74, 6) is -9.60. The van der Waals surface area contributed by atoms with Crippen LogP contribution in [-0.4, -0.2) is 5.11 Å². The second kappa shape index (κ2) is 7.10. The van der Waals surface area contributed by atoms with E-state index >= 15 is 0 Å². The Hall–Kier alpha value is -2.36. The molecule has 0 amide bonds. The molecule has 0 spiro atoms. The number of benzene rings is 2. The van der Waals surface area contributed by atoms with Crippen LogP contribution in [0.3, 0.4) is 0 Å². The van der Waals surface area contributed by atoms with Gasteiger partial charge in [0.2, 0.25) is 0 Å². The highest BCUT2D eigenvalue weighted by Gasteiger charge is 2.42. The van der Waals surface area contributed by atoms with Gasteiger partial charge in [0.05, 0.1) is 0 Å². The summed E-state index contributed by atoms with van der Waals surface area (Å²) >= 11 is 4.78. The maximum Gasteiger partial charge on any atom is 0.422 e. The van der Waals surface area contributed by atoms with Gasteiger partial charge in [-0.1, -0.05) is 6.07 Å². The summed E-state index contributed by atoms with van der Waals surface area (Å²) in [6, 6.07) is 4.94. The normalized spacial score (nSPS) is 11.4. The Labute approximate surface area is 149 Å². The molecule has 0 aliphatic carbocycles. The minimum Gasteiger partial charge on any atom is -0.332 e. The molecule has 0 aliphatic heterocycles. The molecule has 10 heteroatoms. The highest BCUT2D eigenvalue weighted by atomic mass is 32.1. The van der Waals surface area contributed by atoms with E-state index in [4.69, 9.17) is 12.2 Å². The van der Waals surface area contributed by atoms with Crippen LogP contribution >= 0.6 is 12.2 Å². The zero-order chi connectivity index (χ0) is 19.8. The third-order valence-electron chi connectivity index (χ3n) is 3.55. The number of anilines is 2. The predicted molar refractivity (Wildman–Crippen MR) is 87.0 cm³/mol. The number of halogens is 7. The quantitative estimate of drug-likeness (QED) is 0.388. The molecular weight excluding hydrogens is 385 g/mol. The van der Waals surface area contributed by atoms with Crippen LogP contribution in [0, 0.1) is 37.1 Å². The van der Waals surface area contributed by atoms with Gasteiger partial charge in [-0.15, -0.1) is 0 Å². The lowest BCUT2D eigenvalue weighted by molar-refractivity contribution is -0.143. The van der Waals surface area contributed by atoms with Crippen LogP contribution in [0.25, 0.3) is 0 Å². The standard InChI is InChI=1S/C16H11F7N2S/c1-6-3-4-8(5-7(6)2)24-15(26)25-14-12(19)10(17)9(16(21,22)23)11(18)13(14)20/h3-5H,1-2H3,(H2,24,25,26). The van der Waals surface area contributed by atoms with E-state index in [9.17, 15) is 30.7 Å². The van der Waals surface area contributed by atoms with E-state index in [2.05, 4.69) is 5.32 Å². The fourth-order valence-corrected chi connectivity index (χ4v) is 2.31. The van der Waals surface area contributed by atoms with E-state index in [-0.39, 0.29) is 0 Å². The zero-order valence-corrected chi connectivity index (χ0v) is 14.1. The third kappa shape index (κ3) is 3.90. The highest BCUT2D eigenvalue weighted by Crippen LogP contribution is 2.38. The topological polar surface area (TPSA) is 24.1 Å². The summed E-state index contributed by atoms with van der Waals surface area (Å²) in [6.07, 6.45) is -5.60. The van der Waals surface area contributed by atoms with E-state index in [1.807, 2.05) is 12.2 Å². The van der Waals surface area contributed by atoms with Gasteiger partial charge in [-0.3, -0.25) is 0 Å².